The highest BCUT2D eigenvalue weighted by molar-refractivity contribution is 6.14. The number of benzene rings is 5. The van der Waals surface area contributed by atoms with Crippen molar-refractivity contribution in [2.45, 2.75) is 79.1 Å². The lowest BCUT2D eigenvalue weighted by Crippen LogP contribution is -2.03. The Morgan fingerprint density at radius 3 is 1.64 bits per heavy atom. The van der Waals surface area contributed by atoms with Crippen molar-refractivity contribution >= 4 is 54.6 Å². The highest BCUT2D eigenvalue weighted by Crippen LogP contribution is 2.43. The van der Waals surface area contributed by atoms with Gasteiger partial charge in [-0.15, -0.1) is 0 Å². The zero-order valence-corrected chi connectivity index (χ0v) is 35.1. The largest absolute Gasteiger partial charge is 0.457 e. The molecule has 0 saturated heterocycles. The van der Waals surface area contributed by atoms with E-state index in [0.717, 1.165) is 66.5 Å². The molecule has 5 aromatic carbocycles. The third kappa shape index (κ3) is 5.87. The Balaban J connectivity index is 1.22. The van der Waals surface area contributed by atoms with Gasteiger partial charge in [-0.3, -0.25) is 13.8 Å². The van der Waals surface area contributed by atoms with Gasteiger partial charge in [0, 0.05) is 45.7 Å². The average molecular weight is 772 g/mol. The average Bonchev–Trinajstić information content (AvgIpc) is 3.92. The summed E-state index contributed by atoms with van der Waals surface area (Å²) in [6, 6.07) is 35.5. The van der Waals surface area contributed by atoms with Gasteiger partial charge in [0.05, 0.1) is 29.1 Å². The Morgan fingerprint density at radius 2 is 1.03 bits per heavy atom. The van der Waals surface area contributed by atoms with Gasteiger partial charge in [-0.05, 0) is 116 Å². The molecular formula is C53H49N5O. The van der Waals surface area contributed by atoms with Gasteiger partial charge in [0.25, 0.3) is 0 Å². The Kier molecular flexibility index (Phi) is 8.78. The molecule has 0 aliphatic rings. The number of ether oxygens (including phenoxy) is 1. The maximum atomic E-state index is 6.75. The molecule has 59 heavy (non-hydrogen) atoms. The molecule has 0 N–H and O–H groups in total. The van der Waals surface area contributed by atoms with Crippen LogP contribution < -0.4 is 4.74 Å². The van der Waals surface area contributed by atoms with Crippen molar-refractivity contribution in [1.82, 2.24) is 23.8 Å². The molecule has 0 amide bonds. The van der Waals surface area contributed by atoms with Crippen molar-refractivity contribution in [2.24, 2.45) is 0 Å². The van der Waals surface area contributed by atoms with Crippen LogP contribution in [0.15, 0.2) is 128 Å². The fourth-order valence-corrected chi connectivity index (χ4v) is 9.45. The first-order valence-electron chi connectivity index (χ1n) is 21.0. The lowest BCUT2D eigenvalue weighted by atomic mass is 9.84. The van der Waals surface area contributed by atoms with E-state index >= 15 is 0 Å². The normalized spacial score (nSPS) is 12.3. The van der Waals surface area contributed by atoms with Gasteiger partial charge >= 0.3 is 0 Å². The first-order chi connectivity index (χ1) is 28.6. The summed E-state index contributed by atoms with van der Waals surface area (Å²) in [5.74, 6) is 2.94. The predicted molar refractivity (Wildman–Crippen MR) is 246 cm³/mol. The maximum absolute atomic E-state index is 6.75. The second-order valence-corrected chi connectivity index (χ2v) is 17.3. The number of pyridine rings is 3. The fourth-order valence-electron chi connectivity index (χ4n) is 9.45. The van der Waals surface area contributed by atoms with Gasteiger partial charge in [0.2, 0.25) is 0 Å². The summed E-state index contributed by atoms with van der Waals surface area (Å²) >= 11 is 0. The Labute approximate surface area is 345 Å². The first kappa shape index (κ1) is 36.8. The zero-order chi connectivity index (χ0) is 40.7. The van der Waals surface area contributed by atoms with Crippen LogP contribution in [0.3, 0.4) is 0 Å². The summed E-state index contributed by atoms with van der Waals surface area (Å²) in [5, 5.41) is 6.63. The molecule has 0 saturated carbocycles. The molecule has 0 radical (unpaired) electrons. The van der Waals surface area contributed by atoms with Crippen molar-refractivity contribution in [2.75, 3.05) is 0 Å². The molecule has 6 heteroatoms. The molecule has 0 aliphatic heterocycles. The molecular weight excluding hydrogens is 723 g/mol. The van der Waals surface area contributed by atoms with Crippen LogP contribution in [-0.4, -0.2) is 23.8 Å². The summed E-state index contributed by atoms with van der Waals surface area (Å²) in [6.45, 7) is 18.4. The van der Waals surface area contributed by atoms with Gasteiger partial charge in [-0.25, -0.2) is 9.97 Å². The van der Waals surface area contributed by atoms with Crippen molar-refractivity contribution in [3.05, 3.63) is 150 Å². The van der Waals surface area contributed by atoms with E-state index in [4.69, 9.17) is 14.7 Å². The van der Waals surface area contributed by atoms with Crippen LogP contribution in [0, 0.1) is 0 Å². The van der Waals surface area contributed by atoms with E-state index in [1.807, 2.05) is 30.9 Å². The molecule has 0 spiro atoms. The van der Waals surface area contributed by atoms with E-state index in [2.05, 4.69) is 166 Å². The minimum Gasteiger partial charge on any atom is -0.457 e. The van der Waals surface area contributed by atoms with Crippen LogP contribution in [0.1, 0.15) is 101 Å². The van der Waals surface area contributed by atoms with E-state index in [1.54, 1.807) is 0 Å². The van der Waals surface area contributed by atoms with Crippen LogP contribution >= 0.6 is 0 Å². The maximum Gasteiger partial charge on any atom is 0.145 e. The number of nitrogens with zero attached hydrogens (tertiary/aromatic N) is 5. The fraction of sp³-hybridized carbons (Fsp3) is 0.226. The van der Waals surface area contributed by atoms with E-state index < -0.39 is 0 Å². The Bertz CT molecular complexity index is 3220. The van der Waals surface area contributed by atoms with Crippen molar-refractivity contribution in [3.8, 4) is 33.9 Å². The van der Waals surface area contributed by atoms with Crippen molar-refractivity contribution < 1.29 is 4.74 Å². The van der Waals surface area contributed by atoms with Crippen LogP contribution in [0.4, 0.5) is 0 Å². The van der Waals surface area contributed by atoms with Crippen molar-refractivity contribution in [1.29, 1.82) is 0 Å². The van der Waals surface area contributed by atoms with Crippen LogP contribution in [0.2, 0.25) is 0 Å². The lowest BCUT2D eigenvalue weighted by molar-refractivity contribution is 0.484. The predicted octanol–water partition coefficient (Wildman–Crippen LogP) is 14.6. The molecule has 10 rings (SSSR count). The molecule has 0 atom stereocenters. The molecule has 0 aliphatic carbocycles. The monoisotopic (exact) mass is 771 g/mol. The molecule has 5 aromatic heterocycles. The van der Waals surface area contributed by atoms with Gasteiger partial charge in [-0.2, -0.15) is 0 Å². The second-order valence-electron chi connectivity index (χ2n) is 17.3. The highest BCUT2D eigenvalue weighted by atomic mass is 16.5. The third-order valence-corrected chi connectivity index (χ3v) is 12.3. The standard InChI is InChI=1S/C53H49N5O/c1-30(2)37-11-9-12-38(31(3)4)50(37)34-15-18-43-41-19-16-36(59-35-17-20-42-44-21-22-54-28-48(44)57-24-23-55-52(57)45(42)26-35)27-46(41)53-56-29-49(58(53)47(43)25-34)51-39(32(5)6)13-10-14-40(51)33(7)8/h9-33H,1-8H3. The lowest BCUT2D eigenvalue weighted by Gasteiger charge is -2.22. The summed E-state index contributed by atoms with van der Waals surface area (Å²) in [6.07, 6.45) is 9.67. The van der Waals surface area contributed by atoms with Gasteiger partial charge in [0.15, 0.2) is 0 Å². The van der Waals surface area contributed by atoms with Crippen molar-refractivity contribution in [3.63, 3.8) is 0 Å². The topological polar surface area (TPSA) is 56.7 Å². The minimum absolute atomic E-state index is 0.336. The van der Waals surface area contributed by atoms with E-state index in [9.17, 15) is 0 Å². The number of aromatic nitrogens is 5. The number of rotatable bonds is 8. The van der Waals surface area contributed by atoms with Crippen LogP contribution in [0.5, 0.6) is 11.5 Å². The van der Waals surface area contributed by atoms with Gasteiger partial charge in [0.1, 0.15) is 22.8 Å². The third-order valence-electron chi connectivity index (χ3n) is 12.3. The number of hydrogen-bond donors (Lipinski definition) is 0. The molecule has 0 unspecified atom stereocenters. The molecule has 5 heterocycles. The van der Waals surface area contributed by atoms with E-state index in [1.165, 1.54) is 44.3 Å². The summed E-state index contributed by atoms with van der Waals surface area (Å²) in [7, 11) is 0. The molecule has 10 aromatic rings. The smallest absolute Gasteiger partial charge is 0.145 e. The molecule has 0 bridgehead atoms. The van der Waals surface area contributed by atoms with Crippen LogP contribution in [-0.2, 0) is 0 Å². The number of fused-ring (bicyclic) bond motifs is 12. The van der Waals surface area contributed by atoms with E-state index in [0.29, 0.717) is 23.7 Å². The summed E-state index contributed by atoms with van der Waals surface area (Å²) in [4.78, 5) is 14.4. The Hall–Kier alpha value is -6.53. The SMILES string of the molecule is CC(C)c1cccc(C(C)C)c1-c1ccc2c3ccc(Oc4ccc5c6ccncc6n6ccnc6c5c4)cc3c3ncc(-c4c(C(C)C)cccc4C(C)C)n3c2c1. The van der Waals surface area contributed by atoms with Crippen LogP contribution in [0.25, 0.3) is 77.0 Å². The van der Waals surface area contributed by atoms with E-state index in [-0.39, 0.29) is 0 Å². The van der Waals surface area contributed by atoms with Gasteiger partial charge in [-0.1, -0.05) is 104 Å². The molecule has 292 valence electrons. The molecule has 0 fully saturated rings. The molecule has 6 nitrogen and oxygen atoms in total. The van der Waals surface area contributed by atoms with Gasteiger partial charge < -0.3 is 4.74 Å². The quantitative estimate of drug-likeness (QED) is 0.144. The second kappa shape index (κ2) is 14.1. The zero-order valence-electron chi connectivity index (χ0n) is 35.1. The minimum atomic E-state index is 0.336. The summed E-state index contributed by atoms with van der Waals surface area (Å²) < 4.78 is 11.3. The number of imidazole rings is 2. The highest BCUT2D eigenvalue weighted by Gasteiger charge is 2.23. The first-order valence-corrected chi connectivity index (χ1v) is 21.0. The Morgan fingerprint density at radius 1 is 0.475 bits per heavy atom. The summed E-state index contributed by atoms with van der Waals surface area (Å²) in [5.41, 5.74) is 14.3. The number of hydrogen-bond acceptors (Lipinski definition) is 4.